The van der Waals surface area contributed by atoms with Crippen molar-refractivity contribution in [1.29, 1.82) is 0 Å². The van der Waals surface area contributed by atoms with Crippen LogP contribution in [0.5, 0.6) is 0 Å². The van der Waals surface area contributed by atoms with E-state index in [4.69, 9.17) is 20.9 Å². The highest BCUT2D eigenvalue weighted by Crippen LogP contribution is 2.40. The zero-order chi connectivity index (χ0) is 21.9. The standard InChI is InChI=1S/C22H28N2O5/c1-20(2,3)29-19(27)22(24,18(26)28-4)14-21(17(23)25)12-10-16(11-13-21)15-8-6-5-7-9-15/h5-12H,13-14,24H2,1-4H3,(H2,23,25). The highest BCUT2D eigenvalue weighted by Gasteiger charge is 2.53. The fraction of sp³-hybridized carbons (Fsp3) is 0.409. The first-order valence-electron chi connectivity index (χ1n) is 9.29. The lowest BCUT2D eigenvalue weighted by atomic mass is 9.70. The van der Waals surface area contributed by atoms with E-state index < -0.39 is 34.4 Å². The van der Waals surface area contributed by atoms with Gasteiger partial charge in [-0.25, -0.2) is 9.59 Å². The number of benzene rings is 1. The van der Waals surface area contributed by atoms with Crippen LogP contribution in [0, 0.1) is 5.41 Å². The molecule has 0 aliphatic heterocycles. The van der Waals surface area contributed by atoms with Gasteiger partial charge >= 0.3 is 11.9 Å². The number of rotatable bonds is 6. The third-order valence-electron chi connectivity index (χ3n) is 4.77. The van der Waals surface area contributed by atoms with Gasteiger partial charge in [0.2, 0.25) is 11.4 Å². The van der Waals surface area contributed by atoms with Crippen LogP contribution in [-0.4, -0.2) is 36.1 Å². The summed E-state index contributed by atoms with van der Waals surface area (Å²) in [6.07, 6.45) is 5.00. The fourth-order valence-corrected chi connectivity index (χ4v) is 3.20. The van der Waals surface area contributed by atoms with Gasteiger partial charge in [-0.1, -0.05) is 48.6 Å². The van der Waals surface area contributed by atoms with Crippen molar-refractivity contribution in [3.8, 4) is 0 Å². The molecule has 0 fully saturated rings. The summed E-state index contributed by atoms with van der Waals surface area (Å²) in [5.41, 5.74) is 9.36. The second kappa shape index (κ2) is 8.21. The highest BCUT2D eigenvalue weighted by atomic mass is 16.6. The lowest BCUT2D eigenvalue weighted by Crippen LogP contribution is -2.61. The Hall–Kier alpha value is -2.93. The SMILES string of the molecule is COC(=O)C(N)(CC1(C(N)=O)C=CC(c2ccccc2)=CC1)C(=O)OC(C)(C)C. The van der Waals surface area contributed by atoms with Crippen molar-refractivity contribution in [3.05, 3.63) is 54.1 Å². The van der Waals surface area contributed by atoms with E-state index in [1.165, 1.54) is 0 Å². The van der Waals surface area contributed by atoms with E-state index >= 15 is 0 Å². The number of esters is 2. The number of ether oxygens (including phenoxy) is 2. The zero-order valence-electron chi connectivity index (χ0n) is 17.2. The summed E-state index contributed by atoms with van der Waals surface area (Å²) in [5, 5.41) is 0. The zero-order valence-corrected chi connectivity index (χ0v) is 17.2. The number of methoxy groups -OCH3 is 1. The number of primary amides is 1. The quantitative estimate of drug-likeness (QED) is 0.557. The first-order chi connectivity index (χ1) is 13.4. The summed E-state index contributed by atoms with van der Waals surface area (Å²) in [4.78, 5) is 37.6. The van der Waals surface area contributed by atoms with E-state index in [9.17, 15) is 14.4 Å². The lowest BCUT2D eigenvalue weighted by Gasteiger charge is -2.37. The molecule has 2 atom stereocenters. The highest BCUT2D eigenvalue weighted by molar-refractivity contribution is 6.05. The maximum absolute atomic E-state index is 12.8. The summed E-state index contributed by atoms with van der Waals surface area (Å²) in [6, 6.07) is 9.60. The molecule has 156 valence electrons. The minimum Gasteiger partial charge on any atom is -0.467 e. The van der Waals surface area contributed by atoms with E-state index in [1.54, 1.807) is 32.9 Å². The molecule has 1 aromatic rings. The van der Waals surface area contributed by atoms with Gasteiger partial charge in [-0.05, 0) is 38.3 Å². The fourth-order valence-electron chi connectivity index (χ4n) is 3.20. The molecular formula is C22H28N2O5. The molecule has 0 saturated heterocycles. The van der Waals surface area contributed by atoms with Gasteiger partial charge in [0.1, 0.15) is 5.60 Å². The summed E-state index contributed by atoms with van der Waals surface area (Å²) in [6.45, 7) is 4.96. The van der Waals surface area contributed by atoms with Crippen LogP contribution in [0.1, 0.15) is 39.2 Å². The maximum Gasteiger partial charge on any atom is 0.338 e. The van der Waals surface area contributed by atoms with Crippen molar-refractivity contribution in [2.75, 3.05) is 7.11 Å². The van der Waals surface area contributed by atoms with E-state index in [1.807, 2.05) is 36.4 Å². The van der Waals surface area contributed by atoms with Gasteiger partial charge in [-0.2, -0.15) is 0 Å². The molecule has 0 spiro atoms. The molecule has 2 unspecified atom stereocenters. The molecule has 29 heavy (non-hydrogen) atoms. The van der Waals surface area contributed by atoms with Crippen molar-refractivity contribution in [2.24, 2.45) is 16.9 Å². The van der Waals surface area contributed by atoms with Crippen LogP contribution in [0.2, 0.25) is 0 Å². The average Bonchev–Trinajstić information content (AvgIpc) is 2.67. The molecule has 1 aromatic carbocycles. The van der Waals surface area contributed by atoms with Crippen LogP contribution in [0.15, 0.2) is 48.6 Å². The molecule has 7 heteroatoms. The number of allylic oxidation sites excluding steroid dienone is 3. The monoisotopic (exact) mass is 400 g/mol. The summed E-state index contributed by atoms with van der Waals surface area (Å²) >= 11 is 0. The van der Waals surface area contributed by atoms with Crippen LogP contribution in [-0.2, 0) is 23.9 Å². The maximum atomic E-state index is 12.8. The Morgan fingerprint density at radius 2 is 1.72 bits per heavy atom. The largest absolute Gasteiger partial charge is 0.467 e. The van der Waals surface area contributed by atoms with Gasteiger partial charge in [0.15, 0.2) is 0 Å². The van der Waals surface area contributed by atoms with Crippen LogP contribution >= 0.6 is 0 Å². The van der Waals surface area contributed by atoms with E-state index in [-0.39, 0.29) is 12.8 Å². The van der Waals surface area contributed by atoms with Gasteiger partial charge in [0, 0.05) is 6.42 Å². The number of hydrogen-bond donors (Lipinski definition) is 2. The predicted molar refractivity (Wildman–Crippen MR) is 109 cm³/mol. The van der Waals surface area contributed by atoms with Gasteiger partial charge in [-0.15, -0.1) is 0 Å². The third kappa shape index (κ3) is 4.92. The topological polar surface area (TPSA) is 122 Å². The number of carbonyl (C=O) groups is 3. The molecule has 0 aromatic heterocycles. The molecular weight excluding hydrogens is 372 g/mol. The van der Waals surface area contributed by atoms with Crippen molar-refractivity contribution >= 4 is 23.4 Å². The Balaban J connectivity index is 2.38. The molecule has 1 amide bonds. The molecule has 7 nitrogen and oxygen atoms in total. The van der Waals surface area contributed by atoms with Crippen LogP contribution in [0.4, 0.5) is 0 Å². The molecule has 0 bridgehead atoms. The number of carbonyl (C=O) groups excluding carboxylic acids is 3. The summed E-state index contributed by atoms with van der Waals surface area (Å²) < 4.78 is 10.1. The second-order valence-electron chi connectivity index (χ2n) is 8.22. The van der Waals surface area contributed by atoms with Gasteiger partial charge in [0.05, 0.1) is 12.5 Å². The van der Waals surface area contributed by atoms with Crippen LogP contribution in [0.25, 0.3) is 5.57 Å². The Morgan fingerprint density at radius 3 is 2.17 bits per heavy atom. The first-order valence-corrected chi connectivity index (χ1v) is 9.29. The minimum atomic E-state index is -2.18. The molecule has 4 N–H and O–H groups in total. The average molecular weight is 400 g/mol. The van der Waals surface area contributed by atoms with Crippen LogP contribution < -0.4 is 11.5 Å². The van der Waals surface area contributed by atoms with Crippen molar-refractivity contribution < 1.29 is 23.9 Å². The minimum absolute atomic E-state index is 0.182. The van der Waals surface area contributed by atoms with Gasteiger partial charge < -0.3 is 20.9 Å². The Kier molecular flexibility index (Phi) is 6.33. The first kappa shape index (κ1) is 22.4. The Labute approximate surface area is 170 Å². The molecule has 1 aliphatic carbocycles. The lowest BCUT2D eigenvalue weighted by molar-refractivity contribution is -0.172. The Bertz CT molecular complexity index is 854. The Morgan fingerprint density at radius 1 is 1.10 bits per heavy atom. The predicted octanol–water partition coefficient (Wildman–Crippen LogP) is 2.10. The van der Waals surface area contributed by atoms with Crippen molar-refractivity contribution in [2.45, 2.75) is 44.8 Å². The summed E-state index contributed by atoms with van der Waals surface area (Å²) in [5.74, 6) is -2.65. The second-order valence-corrected chi connectivity index (χ2v) is 8.22. The normalized spacial score (nSPS) is 20.9. The number of hydrogen-bond acceptors (Lipinski definition) is 6. The molecule has 2 rings (SSSR count). The van der Waals surface area contributed by atoms with Crippen molar-refractivity contribution in [3.63, 3.8) is 0 Å². The summed E-state index contributed by atoms with van der Waals surface area (Å²) in [7, 11) is 1.12. The van der Waals surface area contributed by atoms with E-state index in [2.05, 4.69) is 0 Å². The van der Waals surface area contributed by atoms with Crippen LogP contribution in [0.3, 0.4) is 0 Å². The van der Waals surface area contributed by atoms with Gasteiger partial charge in [0.25, 0.3) is 0 Å². The smallest absolute Gasteiger partial charge is 0.338 e. The molecule has 0 heterocycles. The molecule has 0 saturated carbocycles. The van der Waals surface area contributed by atoms with E-state index in [0.717, 1.165) is 18.2 Å². The van der Waals surface area contributed by atoms with Gasteiger partial charge in [-0.3, -0.25) is 4.79 Å². The third-order valence-corrected chi connectivity index (χ3v) is 4.77. The van der Waals surface area contributed by atoms with E-state index in [0.29, 0.717) is 0 Å². The molecule has 0 radical (unpaired) electrons. The van der Waals surface area contributed by atoms with Crippen molar-refractivity contribution in [1.82, 2.24) is 0 Å². The number of nitrogens with two attached hydrogens (primary N) is 2. The molecule has 1 aliphatic rings. The number of amides is 1.